The van der Waals surface area contributed by atoms with Crippen molar-refractivity contribution >= 4 is 17.5 Å². The van der Waals surface area contributed by atoms with Crippen LogP contribution in [0.2, 0.25) is 0 Å². The maximum Gasteiger partial charge on any atom is 0.335 e. The van der Waals surface area contributed by atoms with Crippen LogP contribution >= 0.6 is 0 Å². The fraction of sp³-hybridized carbons (Fsp3) is 0.857. The zero-order valence-corrected chi connectivity index (χ0v) is 7.64. The van der Waals surface area contributed by atoms with Gasteiger partial charge in [0.2, 0.25) is 5.91 Å². The van der Waals surface area contributed by atoms with E-state index < -0.39 is 11.6 Å². The first-order valence-electron chi connectivity index (χ1n) is 3.93. The zero-order chi connectivity index (χ0) is 9.40. The van der Waals surface area contributed by atoms with E-state index in [-0.39, 0.29) is 11.8 Å². The molecule has 1 rings (SSSR count). The summed E-state index contributed by atoms with van der Waals surface area (Å²) in [5, 5.41) is 0. The molecule has 2 N–H and O–H groups in total. The molecular weight excluding hydrogens is 178 g/mol. The Balaban J connectivity index is 0.000000354. The monoisotopic (exact) mass is 191 g/mol. The molecule has 0 saturated heterocycles. The van der Waals surface area contributed by atoms with Gasteiger partial charge in [0.25, 0.3) is 0 Å². The molecule has 0 unspecified atom stereocenters. The minimum Gasteiger partial charge on any atom is -0.369 e. The maximum atomic E-state index is 10.6. The van der Waals surface area contributed by atoms with Crippen molar-refractivity contribution in [2.75, 3.05) is 0 Å². The Morgan fingerprint density at radius 3 is 1.83 bits per heavy atom. The standard InChI is InChI=1S/C7H13NO.O2S/c8-7(9)6-4-2-1-3-5-6;1-3-2/h6H,1-5H2,(H2,8,9);. The van der Waals surface area contributed by atoms with Crippen molar-refractivity contribution in [2.45, 2.75) is 32.1 Å². The fourth-order valence-electron chi connectivity index (χ4n) is 1.39. The molecule has 1 aliphatic rings. The van der Waals surface area contributed by atoms with Crippen LogP contribution in [0.15, 0.2) is 0 Å². The highest BCUT2D eigenvalue weighted by Crippen LogP contribution is 2.22. The highest BCUT2D eigenvalue weighted by atomic mass is 32.1. The van der Waals surface area contributed by atoms with Gasteiger partial charge in [-0.2, -0.15) is 8.42 Å². The summed E-state index contributed by atoms with van der Waals surface area (Å²) >= 11 is -0.750. The molecule has 0 aromatic heterocycles. The van der Waals surface area contributed by atoms with Crippen LogP contribution in [0.3, 0.4) is 0 Å². The Hall–Kier alpha value is -0.710. The summed E-state index contributed by atoms with van der Waals surface area (Å²) < 4.78 is 16.6. The summed E-state index contributed by atoms with van der Waals surface area (Å²) in [4.78, 5) is 10.6. The van der Waals surface area contributed by atoms with Gasteiger partial charge in [-0.15, -0.1) is 0 Å². The molecule has 12 heavy (non-hydrogen) atoms. The lowest BCUT2D eigenvalue weighted by Gasteiger charge is -2.17. The lowest BCUT2D eigenvalue weighted by Crippen LogP contribution is -2.24. The molecule has 0 bridgehead atoms. The summed E-state index contributed by atoms with van der Waals surface area (Å²) in [5.74, 6) is 0.0912. The Morgan fingerprint density at radius 1 is 1.17 bits per heavy atom. The van der Waals surface area contributed by atoms with Gasteiger partial charge in [0.05, 0.1) is 0 Å². The van der Waals surface area contributed by atoms with E-state index in [9.17, 15) is 4.79 Å². The van der Waals surface area contributed by atoms with Crippen LogP contribution in [0.25, 0.3) is 0 Å². The number of nitrogens with two attached hydrogens (primary N) is 1. The van der Waals surface area contributed by atoms with E-state index >= 15 is 0 Å². The smallest absolute Gasteiger partial charge is 0.335 e. The van der Waals surface area contributed by atoms with Crippen LogP contribution in [0, 0.1) is 5.92 Å². The van der Waals surface area contributed by atoms with Crippen LogP contribution < -0.4 is 5.73 Å². The number of rotatable bonds is 1. The van der Waals surface area contributed by atoms with Crippen molar-refractivity contribution in [1.82, 2.24) is 0 Å². The number of carbonyl (C=O) groups is 1. The first-order valence-corrected chi connectivity index (χ1v) is 4.60. The molecule has 0 radical (unpaired) electrons. The Morgan fingerprint density at radius 2 is 1.58 bits per heavy atom. The third kappa shape index (κ3) is 5.01. The van der Waals surface area contributed by atoms with Crippen molar-refractivity contribution in [3.05, 3.63) is 0 Å². The fourth-order valence-corrected chi connectivity index (χ4v) is 1.39. The van der Waals surface area contributed by atoms with Gasteiger partial charge < -0.3 is 5.73 Å². The highest BCUT2D eigenvalue weighted by molar-refractivity contribution is 7.51. The van der Waals surface area contributed by atoms with Crippen LogP contribution in [0.5, 0.6) is 0 Å². The molecule has 0 aromatic carbocycles. The van der Waals surface area contributed by atoms with Gasteiger partial charge in [-0.3, -0.25) is 4.79 Å². The molecule has 1 aliphatic carbocycles. The number of hydrogen-bond donors (Lipinski definition) is 1. The van der Waals surface area contributed by atoms with Crippen LogP contribution in [-0.2, 0) is 16.4 Å². The molecule has 1 fully saturated rings. The van der Waals surface area contributed by atoms with Gasteiger partial charge in [-0.1, -0.05) is 19.3 Å². The molecule has 5 heteroatoms. The first kappa shape index (κ1) is 11.3. The van der Waals surface area contributed by atoms with Gasteiger partial charge in [0.15, 0.2) is 0 Å². The van der Waals surface area contributed by atoms with E-state index in [4.69, 9.17) is 14.2 Å². The van der Waals surface area contributed by atoms with E-state index in [1.54, 1.807) is 0 Å². The molecule has 0 aromatic rings. The van der Waals surface area contributed by atoms with Crippen molar-refractivity contribution in [3.63, 3.8) is 0 Å². The van der Waals surface area contributed by atoms with E-state index in [0.29, 0.717) is 0 Å². The Bertz CT molecular complexity index is 171. The summed E-state index contributed by atoms with van der Waals surface area (Å²) in [6.07, 6.45) is 5.70. The van der Waals surface area contributed by atoms with E-state index in [2.05, 4.69) is 0 Å². The molecular formula is C7H13NO3S. The molecule has 0 spiro atoms. The topological polar surface area (TPSA) is 77.2 Å². The van der Waals surface area contributed by atoms with Gasteiger partial charge in [0, 0.05) is 5.92 Å². The lowest BCUT2D eigenvalue weighted by atomic mass is 9.89. The van der Waals surface area contributed by atoms with Gasteiger partial charge in [-0.05, 0) is 12.8 Å². The number of primary amides is 1. The molecule has 1 amide bonds. The van der Waals surface area contributed by atoms with Crippen molar-refractivity contribution in [2.24, 2.45) is 11.7 Å². The minimum atomic E-state index is -0.750. The van der Waals surface area contributed by atoms with E-state index in [1.165, 1.54) is 19.3 Å². The Labute approximate surface area is 75.1 Å². The van der Waals surface area contributed by atoms with Crippen molar-refractivity contribution in [1.29, 1.82) is 0 Å². The van der Waals surface area contributed by atoms with Gasteiger partial charge in [-0.25, -0.2) is 0 Å². The SMILES string of the molecule is NC(=O)C1CCCCC1.O=S=O. The van der Waals surface area contributed by atoms with E-state index in [1.807, 2.05) is 0 Å². The van der Waals surface area contributed by atoms with Gasteiger partial charge in [0.1, 0.15) is 0 Å². The number of hydrogen-bond acceptors (Lipinski definition) is 3. The van der Waals surface area contributed by atoms with E-state index in [0.717, 1.165) is 12.8 Å². The summed E-state index contributed by atoms with van der Waals surface area (Å²) in [5.41, 5.74) is 5.13. The number of carbonyl (C=O) groups excluding carboxylic acids is 1. The molecule has 70 valence electrons. The quantitative estimate of drug-likeness (QED) is 0.651. The second-order valence-electron chi connectivity index (χ2n) is 2.81. The molecule has 0 aliphatic heterocycles. The van der Waals surface area contributed by atoms with Crippen LogP contribution in [-0.4, -0.2) is 14.3 Å². The molecule has 0 atom stereocenters. The molecule has 1 saturated carbocycles. The first-order chi connectivity index (χ1) is 5.72. The summed E-state index contributed by atoms with van der Waals surface area (Å²) in [6.45, 7) is 0. The third-order valence-corrected chi connectivity index (χ3v) is 2.01. The van der Waals surface area contributed by atoms with Crippen LogP contribution in [0.4, 0.5) is 0 Å². The average molecular weight is 191 g/mol. The van der Waals surface area contributed by atoms with Crippen LogP contribution in [0.1, 0.15) is 32.1 Å². The van der Waals surface area contributed by atoms with Crippen molar-refractivity contribution in [3.8, 4) is 0 Å². The Kier molecular flexibility index (Phi) is 6.55. The number of amides is 1. The lowest BCUT2D eigenvalue weighted by molar-refractivity contribution is -0.122. The summed E-state index contributed by atoms with van der Waals surface area (Å²) in [6, 6.07) is 0. The molecule has 4 nitrogen and oxygen atoms in total. The largest absolute Gasteiger partial charge is 0.369 e. The highest BCUT2D eigenvalue weighted by Gasteiger charge is 2.17. The third-order valence-electron chi connectivity index (χ3n) is 2.01. The predicted molar refractivity (Wildman–Crippen MR) is 44.7 cm³/mol. The second-order valence-corrected chi connectivity index (χ2v) is 2.94. The summed E-state index contributed by atoms with van der Waals surface area (Å²) in [7, 11) is 0. The maximum absolute atomic E-state index is 10.6. The average Bonchev–Trinajstić information content (AvgIpc) is 2.07. The van der Waals surface area contributed by atoms with Crippen molar-refractivity contribution < 1.29 is 13.2 Å². The zero-order valence-electron chi connectivity index (χ0n) is 6.82. The second kappa shape index (κ2) is 6.97. The molecule has 0 heterocycles. The normalized spacial score (nSPS) is 17.3. The minimum absolute atomic E-state index is 0.102. The van der Waals surface area contributed by atoms with Gasteiger partial charge >= 0.3 is 11.6 Å². The predicted octanol–water partition coefficient (Wildman–Crippen LogP) is 0.382.